The maximum atomic E-state index is 9.21. The molecule has 0 aromatic carbocycles. The fraction of sp³-hybridized carbons (Fsp3) is 0.900. The first-order valence-electron chi connectivity index (χ1n) is 5.10. The second-order valence-electron chi connectivity index (χ2n) is 4.96. The fourth-order valence-electron chi connectivity index (χ4n) is 1.85. The molecule has 0 aliphatic carbocycles. The third-order valence-corrected chi connectivity index (χ3v) is 3.23. The molecule has 0 bridgehead atoms. The summed E-state index contributed by atoms with van der Waals surface area (Å²) < 4.78 is 11.4. The molecular formula is C10H19NO2Si. The van der Waals surface area contributed by atoms with Crippen molar-refractivity contribution in [3.8, 4) is 6.07 Å². The largest absolute Gasteiger partial charge is 0.400 e. The molecule has 0 aromatic heterocycles. The Bertz CT molecular complexity index is 243. The summed E-state index contributed by atoms with van der Waals surface area (Å²) in [5, 5.41) is 9.21. The van der Waals surface area contributed by atoms with Crippen molar-refractivity contribution in [3.05, 3.63) is 0 Å². The van der Waals surface area contributed by atoms with Crippen LogP contribution in [-0.4, -0.2) is 26.6 Å². The Kier molecular flexibility index (Phi) is 3.35. The normalized spacial score (nSPS) is 33.8. The molecule has 1 fully saturated rings. The van der Waals surface area contributed by atoms with Gasteiger partial charge in [-0.05, 0) is 26.6 Å². The molecule has 0 aromatic rings. The minimum absolute atomic E-state index is 0.139. The number of ether oxygens (including phenoxy) is 1. The summed E-state index contributed by atoms with van der Waals surface area (Å²) in [4.78, 5) is 0. The highest BCUT2D eigenvalue weighted by Crippen LogP contribution is 2.30. The maximum absolute atomic E-state index is 9.21. The van der Waals surface area contributed by atoms with Gasteiger partial charge < -0.3 is 9.16 Å². The Hall–Kier alpha value is -0.373. The van der Waals surface area contributed by atoms with E-state index in [0.717, 1.165) is 0 Å². The van der Waals surface area contributed by atoms with Gasteiger partial charge in [-0.1, -0.05) is 0 Å². The zero-order chi connectivity index (χ0) is 10.8. The first kappa shape index (κ1) is 11.7. The van der Waals surface area contributed by atoms with Gasteiger partial charge >= 0.3 is 0 Å². The van der Waals surface area contributed by atoms with Crippen LogP contribution in [0.4, 0.5) is 0 Å². The molecule has 14 heavy (non-hydrogen) atoms. The van der Waals surface area contributed by atoms with Gasteiger partial charge in [-0.3, -0.25) is 0 Å². The van der Waals surface area contributed by atoms with Crippen LogP contribution in [0.5, 0.6) is 0 Å². The van der Waals surface area contributed by atoms with Crippen molar-refractivity contribution in [2.75, 3.05) is 6.61 Å². The molecule has 1 aliphatic rings. The lowest BCUT2D eigenvalue weighted by Gasteiger charge is -2.38. The second kappa shape index (κ2) is 4.01. The number of nitrogens with zero attached hydrogens (tertiary/aromatic N) is 1. The van der Waals surface area contributed by atoms with Gasteiger partial charge in [-0.15, -0.1) is 0 Å². The Morgan fingerprint density at radius 3 is 2.57 bits per heavy atom. The number of rotatable bonds is 2. The summed E-state index contributed by atoms with van der Waals surface area (Å²) >= 11 is 0. The maximum Gasteiger partial charge on any atom is 0.185 e. The summed E-state index contributed by atoms with van der Waals surface area (Å²) in [6.45, 7) is 8.99. The number of nitriles is 1. The van der Waals surface area contributed by atoms with Gasteiger partial charge in [0.25, 0.3) is 0 Å². The monoisotopic (exact) mass is 213 g/mol. The van der Waals surface area contributed by atoms with Crippen molar-refractivity contribution >= 4 is 8.32 Å². The highest BCUT2D eigenvalue weighted by Gasteiger charge is 2.40. The molecule has 1 rings (SSSR count). The predicted octanol–water partition coefficient (Wildman–Crippen LogP) is 2.30. The molecule has 1 saturated heterocycles. The molecule has 4 heteroatoms. The first-order valence-corrected chi connectivity index (χ1v) is 8.51. The van der Waals surface area contributed by atoms with E-state index in [9.17, 15) is 5.26 Å². The van der Waals surface area contributed by atoms with Crippen LogP contribution in [0, 0.1) is 11.3 Å². The molecule has 1 heterocycles. The Morgan fingerprint density at radius 1 is 1.50 bits per heavy atom. The molecule has 0 radical (unpaired) electrons. The standard InChI is InChI=1S/C10H19NO2Si/c1-9-7-10(8-11,5-6-12-9)13-14(2,3)4/h9H,5-7H2,1-4H3. The van der Waals surface area contributed by atoms with E-state index in [0.29, 0.717) is 19.4 Å². The summed E-state index contributed by atoms with van der Waals surface area (Å²) in [6.07, 6.45) is 1.55. The lowest BCUT2D eigenvalue weighted by Crippen LogP contribution is -2.47. The average Bonchev–Trinajstić information content (AvgIpc) is 2.01. The van der Waals surface area contributed by atoms with E-state index in [2.05, 4.69) is 25.7 Å². The lowest BCUT2D eigenvalue weighted by atomic mass is 9.93. The molecule has 2 unspecified atom stereocenters. The average molecular weight is 213 g/mol. The molecule has 2 atom stereocenters. The van der Waals surface area contributed by atoms with E-state index < -0.39 is 13.9 Å². The Morgan fingerprint density at radius 2 is 2.14 bits per heavy atom. The van der Waals surface area contributed by atoms with E-state index >= 15 is 0 Å². The van der Waals surface area contributed by atoms with Crippen molar-refractivity contribution in [2.45, 2.75) is 51.1 Å². The van der Waals surface area contributed by atoms with Crippen LogP contribution < -0.4 is 0 Å². The van der Waals surface area contributed by atoms with Crippen LogP contribution >= 0.6 is 0 Å². The van der Waals surface area contributed by atoms with Gasteiger partial charge in [0.05, 0.1) is 18.8 Å². The van der Waals surface area contributed by atoms with E-state index in [1.807, 2.05) is 6.92 Å². The third kappa shape index (κ3) is 3.09. The van der Waals surface area contributed by atoms with E-state index in [1.54, 1.807) is 0 Å². The first-order chi connectivity index (χ1) is 6.37. The van der Waals surface area contributed by atoms with Gasteiger partial charge in [0.15, 0.2) is 8.32 Å². The predicted molar refractivity (Wildman–Crippen MR) is 57.4 cm³/mol. The van der Waals surface area contributed by atoms with E-state index in [4.69, 9.17) is 9.16 Å². The zero-order valence-electron chi connectivity index (χ0n) is 9.46. The SMILES string of the molecule is CC1CC(C#N)(O[Si](C)(C)C)CCO1. The molecule has 0 amide bonds. The molecule has 3 nitrogen and oxygen atoms in total. The van der Waals surface area contributed by atoms with Crippen LogP contribution in [0.25, 0.3) is 0 Å². The summed E-state index contributed by atoms with van der Waals surface area (Å²) in [5.74, 6) is 0. The summed E-state index contributed by atoms with van der Waals surface area (Å²) in [6, 6.07) is 2.34. The van der Waals surface area contributed by atoms with Crippen LogP contribution in [0.3, 0.4) is 0 Å². The van der Waals surface area contributed by atoms with E-state index in [1.165, 1.54) is 0 Å². The smallest absolute Gasteiger partial charge is 0.185 e. The highest BCUT2D eigenvalue weighted by molar-refractivity contribution is 6.69. The van der Waals surface area contributed by atoms with Crippen LogP contribution in [0.2, 0.25) is 19.6 Å². The Balaban J connectivity index is 2.72. The zero-order valence-corrected chi connectivity index (χ0v) is 10.5. The fourth-order valence-corrected chi connectivity index (χ4v) is 3.26. The summed E-state index contributed by atoms with van der Waals surface area (Å²) in [7, 11) is -1.65. The van der Waals surface area contributed by atoms with Crippen molar-refractivity contribution in [3.63, 3.8) is 0 Å². The minimum Gasteiger partial charge on any atom is -0.400 e. The molecular weight excluding hydrogens is 194 g/mol. The number of hydrogen-bond donors (Lipinski definition) is 0. The Labute approximate surface area is 87.1 Å². The second-order valence-corrected chi connectivity index (χ2v) is 9.38. The molecule has 0 spiro atoms. The van der Waals surface area contributed by atoms with Gasteiger partial charge in [0.1, 0.15) is 5.60 Å². The quantitative estimate of drug-likeness (QED) is 0.661. The highest BCUT2D eigenvalue weighted by atomic mass is 28.4. The van der Waals surface area contributed by atoms with Crippen molar-refractivity contribution < 1.29 is 9.16 Å². The van der Waals surface area contributed by atoms with Gasteiger partial charge in [-0.2, -0.15) is 5.26 Å². The number of hydrogen-bond acceptors (Lipinski definition) is 3. The molecule has 0 saturated carbocycles. The van der Waals surface area contributed by atoms with E-state index in [-0.39, 0.29) is 6.10 Å². The lowest BCUT2D eigenvalue weighted by molar-refractivity contribution is -0.0588. The van der Waals surface area contributed by atoms with Crippen LogP contribution in [-0.2, 0) is 9.16 Å². The topological polar surface area (TPSA) is 42.2 Å². The molecule has 0 N–H and O–H groups in total. The van der Waals surface area contributed by atoms with Crippen molar-refractivity contribution in [1.29, 1.82) is 5.26 Å². The van der Waals surface area contributed by atoms with Crippen molar-refractivity contribution in [1.82, 2.24) is 0 Å². The van der Waals surface area contributed by atoms with Gasteiger partial charge in [-0.25, -0.2) is 0 Å². The third-order valence-electron chi connectivity index (χ3n) is 2.23. The molecule has 80 valence electrons. The van der Waals surface area contributed by atoms with Crippen LogP contribution in [0.1, 0.15) is 19.8 Å². The van der Waals surface area contributed by atoms with Gasteiger partial charge in [0, 0.05) is 12.8 Å². The van der Waals surface area contributed by atoms with Crippen molar-refractivity contribution in [2.24, 2.45) is 0 Å². The summed E-state index contributed by atoms with van der Waals surface area (Å²) in [5.41, 5.74) is -0.581. The minimum atomic E-state index is -1.65. The van der Waals surface area contributed by atoms with Gasteiger partial charge in [0.2, 0.25) is 0 Å². The van der Waals surface area contributed by atoms with Crippen LogP contribution in [0.15, 0.2) is 0 Å². The molecule has 1 aliphatic heterocycles.